The third-order valence-electron chi connectivity index (χ3n) is 3.56. The summed E-state index contributed by atoms with van der Waals surface area (Å²) in [6.07, 6.45) is 0. The number of amides is 1. The smallest absolute Gasteiger partial charge is 0.257 e. The van der Waals surface area contributed by atoms with Gasteiger partial charge in [-0.3, -0.25) is 10.1 Å². The van der Waals surface area contributed by atoms with E-state index in [9.17, 15) is 13.6 Å². The molecule has 0 fully saturated rings. The lowest BCUT2D eigenvalue weighted by atomic mass is 10.1. The van der Waals surface area contributed by atoms with Crippen molar-refractivity contribution in [2.24, 2.45) is 0 Å². The van der Waals surface area contributed by atoms with Crippen molar-refractivity contribution in [3.8, 4) is 11.3 Å². The number of aromatic nitrogens is 1. The number of carbonyl (C=O) groups excluding carboxylic acids is 1. The number of nitrogens with one attached hydrogen (secondary N) is 1. The number of anilines is 1. The zero-order chi connectivity index (χ0) is 17.3. The lowest BCUT2D eigenvalue weighted by Crippen LogP contribution is -2.13. The summed E-state index contributed by atoms with van der Waals surface area (Å²) in [4.78, 5) is 16.5. The Hall–Kier alpha value is -2.60. The molecule has 0 aliphatic rings. The highest BCUT2D eigenvalue weighted by atomic mass is 32.1. The van der Waals surface area contributed by atoms with Gasteiger partial charge in [0.15, 0.2) is 5.13 Å². The van der Waals surface area contributed by atoms with Crippen LogP contribution in [0, 0.1) is 25.5 Å². The van der Waals surface area contributed by atoms with E-state index in [-0.39, 0.29) is 17.2 Å². The van der Waals surface area contributed by atoms with Gasteiger partial charge in [-0.05, 0) is 43.7 Å². The van der Waals surface area contributed by atoms with Crippen molar-refractivity contribution in [1.82, 2.24) is 4.98 Å². The third-order valence-corrected chi connectivity index (χ3v) is 4.31. The van der Waals surface area contributed by atoms with Gasteiger partial charge in [-0.25, -0.2) is 13.8 Å². The van der Waals surface area contributed by atoms with E-state index in [2.05, 4.69) is 10.3 Å². The van der Waals surface area contributed by atoms with Gasteiger partial charge in [-0.2, -0.15) is 0 Å². The normalized spacial score (nSPS) is 10.7. The lowest BCUT2D eigenvalue weighted by molar-refractivity contribution is 0.102. The zero-order valence-corrected chi connectivity index (χ0v) is 13.9. The van der Waals surface area contributed by atoms with Gasteiger partial charge < -0.3 is 0 Å². The molecule has 1 amide bonds. The maximum absolute atomic E-state index is 13.8. The standard InChI is InChI=1S/C18H14F2N2OS/c1-10-3-5-13(11(2)7-10)17(23)22-18-21-16(9-24-18)14-8-12(19)4-6-15(14)20/h3-9H,1-2H3,(H,21,22,23). The number of thiazole rings is 1. The minimum Gasteiger partial charge on any atom is -0.298 e. The van der Waals surface area contributed by atoms with E-state index < -0.39 is 11.6 Å². The molecule has 6 heteroatoms. The number of nitrogens with zero attached hydrogens (tertiary/aromatic N) is 1. The van der Waals surface area contributed by atoms with Crippen LogP contribution in [0.2, 0.25) is 0 Å². The molecule has 0 aliphatic heterocycles. The topological polar surface area (TPSA) is 42.0 Å². The zero-order valence-electron chi connectivity index (χ0n) is 13.1. The van der Waals surface area contributed by atoms with Crippen LogP contribution in [0.4, 0.5) is 13.9 Å². The predicted molar refractivity (Wildman–Crippen MR) is 91.3 cm³/mol. The lowest BCUT2D eigenvalue weighted by Gasteiger charge is -2.06. The second-order valence-electron chi connectivity index (χ2n) is 5.43. The Morgan fingerprint density at radius 3 is 2.67 bits per heavy atom. The molecule has 24 heavy (non-hydrogen) atoms. The van der Waals surface area contributed by atoms with Gasteiger partial charge in [-0.15, -0.1) is 11.3 Å². The Kier molecular flexibility index (Phi) is 4.40. The van der Waals surface area contributed by atoms with E-state index in [1.54, 1.807) is 11.4 Å². The van der Waals surface area contributed by atoms with Crippen molar-refractivity contribution < 1.29 is 13.6 Å². The van der Waals surface area contributed by atoms with Gasteiger partial charge in [0.05, 0.1) is 5.69 Å². The van der Waals surface area contributed by atoms with Crippen molar-refractivity contribution in [3.63, 3.8) is 0 Å². The molecule has 1 heterocycles. The summed E-state index contributed by atoms with van der Waals surface area (Å²) in [5, 5.41) is 4.61. The number of carbonyl (C=O) groups is 1. The van der Waals surface area contributed by atoms with Gasteiger partial charge in [0.2, 0.25) is 0 Å². The van der Waals surface area contributed by atoms with E-state index in [0.29, 0.717) is 10.7 Å². The summed E-state index contributed by atoms with van der Waals surface area (Å²) in [5.74, 6) is -1.39. The minimum absolute atomic E-state index is 0.0678. The van der Waals surface area contributed by atoms with Crippen LogP contribution >= 0.6 is 11.3 Å². The van der Waals surface area contributed by atoms with Gasteiger partial charge in [-0.1, -0.05) is 17.7 Å². The molecule has 0 bridgehead atoms. The monoisotopic (exact) mass is 344 g/mol. The first-order chi connectivity index (χ1) is 11.4. The minimum atomic E-state index is -0.561. The largest absolute Gasteiger partial charge is 0.298 e. The summed E-state index contributed by atoms with van der Waals surface area (Å²) in [7, 11) is 0. The quantitative estimate of drug-likeness (QED) is 0.730. The summed E-state index contributed by atoms with van der Waals surface area (Å²) in [5.41, 5.74) is 2.84. The Morgan fingerprint density at radius 2 is 1.92 bits per heavy atom. The van der Waals surface area contributed by atoms with Crippen LogP contribution < -0.4 is 5.32 Å². The molecule has 1 N–H and O–H groups in total. The van der Waals surface area contributed by atoms with Gasteiger partial charge in [0.25, 0.3) is 5.91 Å². The van der Waals surface area contributed by atoms with E-state index >= 15 is 0 Å². The molecule has 2 aromatic carbocycles. The van der Waals surface area contributed by atoms with Crippen LogP contribution in [0.25, 0.3) is 11.3 Å². The fraction of sp³-hybridized carbons (Fsp3) is 0.111. The summed E-state index contributed by atoms with van der Waals surface area (Å²) in [6, 6.07) is 8.72. The van der Waals surface area contributed by atoms with Gasteiger partial charge in [0, 0.05) is 16.5 Å². The van der Waals surface area contributed by atoms with Crippen molar-refractivity contribution in [3.05, 3.63) is 70.1 Å². The van der Waals surface area contributed by atoms with E-state index in [1.807, 2.05) is 26.0 Å². The van der Waals surface area contributed by atoms with Crippen LogP contribution in [0.1, 0.15) is 21.5 Å². The Morgan fingerprint density at radius 1 is 1.12 bits per heavy atom. The first kappa shape index (κ1) is 16.3. The maximum atomic E-state index is 13.8. The number of rotatable bonds is 3. The molecule has 3 nitrogen and oxygen atoms in total. The van der Waals surface area contributed by atoms with E-state index in [0.717, 1.165) is 40.7 Å². The summed E-state index contributed by atoms with van der Waals surface area (Å²) in [6.45, 7) is 3.81. The fourth-order valence-electron chi connectivity index (χ4n) is 2.38. The molecule has 122 valence electrons. The second kappa shape index (κ2) is 6.49. The predicted octanol–water partition coefficient (Wildman–Crippen LogP) is 4.96. The summed E-state index contributed by atoms with van der Waals surface area (Å²) < 4.78 is 27.1. The van der Waals surface area contributed by atoms with Crippen molar-refractivity contribution >= 4 is 22.4 Å². The maximum Gasteiger partial charge on any atom is 0.257 e. The molecule has 0 saturated heterocycles. The highest BCUT2D eigenvalue weighted by molar-refractivity contribution is 7.14. The molecule has 3 rings (SSSR count). The highest BCUT2D eigenvalue weighted by Gasteiger charge is 2.14. The van der Waals surface area contributed by atoms with Crippen molar-refractivity contribution in [2.45, 2.75) is 13.8 Å². The summed E-state index contributed by atoms with van der Waals surface area (Å²) >= 11 is 1.16. The number of benzene rings is 2. The van der Waals surface area contributed by atoms with Crippen LogP contribution in [0.5, 0.6) is 0 Å². The van der Waals surface area contributed by atoms with Gasteiger partial charge >= 0.3 is 0 Å². The average Bonchev–Trinajstić information content (AvgIpc) is 2.97. The molecule has 0 radical (unpaired) electrons. The Bertz CT molecular complexity index is 921. The highest BCUT2D eigenvalue weighted by Crippen LogP contribution is 2.28. The molecular weight excluding hydrogens is 330 g/mol. The second-order valence-corrected chi connectivity index (χ2v) is 6.29. The Balaban J connectivity index is 1.83. The van der Waals surface area contributed by atoms with Crippen LogP contribution in [0.15, 0.2) is 41.8 Å². The van der Waals surface area contributed by atoms with E-state index in [4.69, 9.17) is 0 Å². The molecule has 3 aromatic rings. The van der Waals surface area contributed by atoms with Crippen LogP contribution in [0.3, 0.4) is 0 Å². The van der Waals surface area contributed by atoms with Crippen molar-refractivity contribution in [2.75, 3.05) is 5.32 Å². The number of halogens is 2. The molecule has 0 spiro atoms. The molecule has 0 saturated carbocycles. The molecule has 0 unspecified atom stereocenters. The number of hydrogen-bond acceptors (Lipinski definition) is 3. The number of aryl methyl sites for hydroxylation is 2. The Labute approximate surface area is 142 Å². The first-order valence-corrected chi connectivity index (χ1v) is 8.11. The molecule has 0 atom stereocenters. The van der Waals surface area contributed by atoms with Crippen LogP contribution in [-0.2, 0) is 0 Å². The SMILES string of the molecule is Cc1ccc(C(=O)Nc2nc(-c3cc(F)ccc3F)cs2)c(C)c1. The average molecular weight is 344 g/mol. The fourth-order valence-corrected chi connectivity index (χ4v) is 3.09. The van der Waals surface area contributed by atoms with Crippen molar-refractivity contribution in [1.29, 1.82) is 0 Å². The first-order valence-electron chi connectivity index (χ1n) is 7.23. The van der Waals surface area contributed by atoms with E-state index in [1.165, 1.54) is 0 Å². The molecular formula is C18H14F2N2OS. The van der Waals surface area contributed by atoms with Gasteiger partial charge in [0.1, 0.15) is 11.6 Å². The van der Waals surface area contributed by atoms with Crippen LogP contribution in [-0.4, -0.2) is 10.9 Å². The molecule has 1 aromatic heterocycles. The number of hydrogen-bond donors (Lipinski definition) is 1. The molecule has 0 aliphatic carbocycles. The third kappa shape index (κ3) is 3.33.